The van der Waals surface area contributed by atoms with Crippen LogP contribution in [0.4, 0.5) is 5.69 Å². The van der Waals surface area contributed by atoms with Gasteiger partial charge >= 0.3 is 5.97 Å². The summed E-state index contributed by atoms with van der Waals surface area (Å²) in [4.78, 5) is 48.8. The molecule has 1 aromatic carbocycles. The number of carboxylic acids is 1. The number of hydrogen-bond acceptors (Lipinski definition) is 7. The number of hydrogen-bond donors (Lipinski definition) is 3. The predicted octanol–water partition coefficient (Wildman–Crippen LogP) is 0.616. The minimum atomic E-state index is -1.35. The maximum Gasteiger partial charge on any atom is 0.327 e. The first kappa shape index (κ1) is 20.1. The lowest BCUT2D eigenvalue weighted by molar-refractivity contribution is -0.385. The van der Waals surface area contributed by atoms with Crippen molar-refractivity contribution in [2.24, 2.45) is 5.73 Å². The van der Waals surface area contributed by atoms with E-state index < -0.39 is 50.5 Å². The standard InChI is InChI=1S/C17H20N4O6S/c1-16(2)11(13(23)24)20-14(25)17(3,15(20)28-16)19-12(22)10(18)8-6-4-5-7-9(8)21(26)27/h4-7,10-11,15H,18H2,1-3H3,(H,19,22)(H,23,24)/t10?,11-,15+,17?/m0/s1. The molecule has 2 fully saturated rings. The number of nitro benzene ring substituents is 1. The number of carbonyl (C=O) groups excluding carboxylic acids is 2. The first-order valence-corrected chi connectivity index (χ1v) is 9.34. The fourth-order valence-electron chi connectivity index (χ4n) is 3.73. The molecule has 1 aromatic rings. The molecule has 0 aromatic heterocycles. The van der Waals surface area contributed by atoms with E-state index in [9.17, 15) is 29.6 Å². The molecular formula is C17H20N4O6S. The van der Waals surface area contributed by atoms with Crippen LogP contribution in [0.15, 0.2) is 24.3 Å². The number of thioether (sulfide) groups is 1. The summed E-state index contributed by atoms with van der Waals surface area (Å²) in [6.07, 6.45) is 0. The van der Waals surface area contributed by atoms with E-state index in [1.165, 1.54) is 47.9 Å². The molecule has 4 atom stereocenters. The van der Waals surface area contributed by atoms with Gasteiger partial charge in [0.2, 0.25) is 5.91 Å². The first-order valence-electron chi connectivity index (χ1n) is 8.46. The van der Waals surface area contributed by atoms with Crippen molar-refractivity contribution < 1.29 is 24.4 Å². The van der Waals surface area contributed by atoms with Gasteiger partial charge in [0.1, 0.15) is 23.0 Å². The van der Waals surface area contributed by atoms with Gasteiger partial charge in [0.25, 0.3) is 11.6 Å². The molecule has 11 heteroatoms. The number of nitrogens with zero attached hydrogens (tertiary/aromatic N) is 2. The number of nitrogens with one attached hydrogen (secondary N) is 1. The number of carboxylic acid groups (broad SMARTS) is 1. The monoisotopic (exact) mass is 408 g/mol. The third kappa shape index (κ3) is 2.81. The van der Waals surface area contributed by atoms with E-state index in [0.29, 0.717) is 0 Å². The molecule has 0 saturated carbocycles. The summed E-state index contributed by atoms with van der Waals surface area (Å²) < 4.78 is -0.741. The number of carbonyl (C=O) groups is 3. The van der Waals surface area contributed by atoms with Gasteiger partial charge in [-0.15, -0.1) is 11.8 Å². The number of amides is 2. The highest BCUT2D eigenvalue weighted by Crippen LogP contribution is 2.54. The summed E-state index contributed by atoms with van der Waals surface area (Å²) in [6, 6.07) is 3.25. The van der Waals surface area contributed by atoms with Crippen LogP contribution in [0.2, 0.25) is 0 Å². The molecule has 2 unspecified atom stereocenters. The number of nitro groups is 1. The van der Waals surface area contributed by atoms with Crippen molar-refractivity contribution in [3.63, 3.8) is 0 Å². The minimum Gasteiger partial charge on any atom is -0.480 e. The fourth-order valence-corrected chi connectivity index (χ4v) is 5.38. The zero-order valence-corrected chi connectivity index (χ0v) is 16.2. The minimum absolute atomic E-state index is 0.0278. The van der Waals surface area contributed by atoms with Gasteiger partial charge in [-0.3, -0.25) is 19.7 Å². The molecule has 0 radical (unpaired) electrons. The third-order valence-corrected chi connectivity index (χ3v) is 6.90. The number of rotatable bonds is 5. The van der Waals surface area contributed by atoms with Crippen molar-refractivity contribution in [2.75, 3.05) is 0 Å². The molecule has 150 valence electrons. The van der Waals surface area contributed by atoms with E-state index in [-0.39, 0.29) is 11.3 Å². The predicted molar refractivity (Wildman–Crippen MR) is 100 cm³/mol. The molecule has 2 aliphatic rings. The second kappa shape index (κ2) is 6.45. The number of para-hydroxylation sites is 1. The van der Waals surface area contributed by atoms with Gasteiger partial charge in [-0.1, -0.05) is 18.2 Å². The Bertz CT molecular complexity index is 890. The summed E-state index contributed by atoms with van der Waals surface area (Å²) in [6.45, 7) is 4.96. The number of β-lactam (4-membered cyclic amide) rings is 1. The van der Waals surface area contributed by atoms with Crippen LogP contribution in [0.5, 0.6) is 0 Å². The van der Waals surface area contributed by atoms with Gasteiger partial charge in [0, 0.05) is 10.8 Å². The quantitative estimate of drug-likeness (QED) is 0.364. The van der Waals surface area contributed by atoms with Crippen molar-refractivity contribution in [1.29, 1.82) is 0 Å². The van der Waals surface area contributed by atoms with Crippen molar-refractivity contribution in [2.45, 2.75) is 48.5 Å². The molecule has 3 rings (SSSR count). The highest BCUT2D eigenvalue weighted by molar-refractivity contribution is 8.01. The highest BCUT2D eigenvalue weighted by atomic mass is 32.2. The van der Waals surface area contributed by atoms with Crippen LogP contribution in [0.25, 0.3) is 0 Å². The van der Waals surface area contributed by atoms with Crippen LogP contribution in [0, 0.1) is 10.1 Å². The molecule has 0 bridgehead atoms. The average Bonchev–Trinajstić information content (AvgIpc) is 2.90. The lowest BCUT2D eigenvalue weighted by Crippen LogP contribution is -2.78. The maximum absolute atomic E-state index is 12.7. The summed E-state index contributed by atoms with van der Waals surface area (Å²) >= 11 is 1.28. The third-order valence-electron chi connectivity index (χ3n) is 5.15. The summed E-state index contributed by atoms with van der Waals surface area (Å²) in [7, 11) is 0. The Labute approximate surface area is 164 Å². The van der Waals surface area contributed by atoms with Crippen molar-refractivity contribution in [1.82, 2.24) is 10.2 Å². The van der Waals surface area contributed by atoms with Gasteiger partial charge in [-0.05, 0) is 20.8 Å². The van der Waals surface area contributed by atoms with E-state index >= 15 is 0 Å². The maximum atomic E-state index is 12.7. The summed E-state index contributed by atoms with van der Waals surface area (Å²) in [5.74, 6) is -2.38. The van der Waals surface area contributed by atoms with Gasteiger partial charge in [0.05, 0.1) is 10.5 Å². The van der Waals surface area contributed by atoms with E-state index in [4.69, 9.17) is 5.73 Å². The average molecular weight is 408 g/mol. The van der Waals surface area contributed by atoms with Crippen LogP contribution >= 0.6 is 11.8 Å². The van der Waals surface area contributed by atoms with E-state index in [1.807, 2.05) is 0 Å². The van der Waals surface area contributed by atoms with Gasteiger partial charge in [-0.25, -0.2) is 4.79 Å². The second-order valence-corrected chi connectivity index (χ2v) is 9.25. The molecule has 0 spiro atoms. The molecule has 2 amide bonds. The van der Waals surface area contributed by atoms with Gasteiger partial charge in [0.15, 0.2) is 0 Å². The zero-order valence-electron chi connectivity index (χ0n) is 15.4. The highest BCUT2D eigenvalue weighted by Gasteiger charge is 2.70. The summed E-state index contributed by atoms with van der Waals surface area (Å²) in [5.41, 5.74) is 4.32. The van der Waals surface area contributed by atoms with Gasteiger partial charge in [-0.2, -0.15) is 0 Å². The van der Waals surface area contributed by atoms with Gasteiger partial charge < -0.3 is 21.1 Å². The Morgan fingerprint density at radius 2 is 1.96 bits per heavy atom. The Morgan fingerprint density at radius 1 is 1.36 bits per heavy atom. The van der Waals surface area contributed by atoms with Crippen molar-refractivity contribution in [3.05, 3.63) is 39.9 Å². The normalized spacial score (nSPS) is 28.9. The Hall–Kier alpha value is -2.66. The van der Waals surface area contributed by atoms with Crippen molar-refractivity contribution >= 4 is 35.2 Å². The Kier molecular flexibility index (Phi) is 4.63. The molecule has 4 N–H and O–H groups in total. The zero-order chi connectivity index (χ0) is 21.0. The Morgan fingerprint density at radius 3 is 2.54 bits per heavy atom. The van der Waals surface area contributed by atoms with Crippen LogP contribution in [0.1, 0.15) is 32.4 Å². The number of fused-ring (bicyclic) bond motifs is 1. The van der Waals surface area contributed by atoms with Crippen LogP contribution in [-0.4, -0.2) is 54.4 Å². The van der Waals surface area contributed by atoms with Crippen LogP contribution in [0.3, 0.4) is 0 Å². The van der Waals surface area contributed by atoms with E-state index in [0.717, 1.165) is 0 Å². The summed E-state index contributed by atoms with van der Waals surface area (Å²) in [5, 5.41) is 22.7. The Balaban J connectivity index is 1.83. The smallest absolute Gasteiger partial charge is 0.327 e. The first-order chi connectivity index (χ1) is 12.9. The lowest BCUT2D eigenvalue weighted by atomic mass is 9.85. The van der Waals surface area contributed by atoms with E-state index in [2.05, 4.69) is 5.32 Å². The molecule has 0 aliphatic carbocycles. The molecule has 10 nitrogen and oxygen atoms in total. The van der Waals surface area contributed by atoms with Crippen LogP contribution < -0.4 is 11.1 Å². The molecule has 28 heavy (non-hydrogen) atoms. The lowest BCUT2D eigenvalue weighted by Gasteiger charge is -2.51. The number of benzene rings is 1. The molecule has 2 aliphatic heterocycles. The topological polar surface area (TPSA) is 156 Å². The molecule has 2 saturated heterocycles. The largest absolute Gasteiger partial charge is 0.480 e. The molecule has 2 heterocycles. The number of aliphatic carboxylic acids is 1. The second-order valence-electron chi connectivity index (χ2n) is 7.51. The van der Waals surface area contributed by atoms with Crippen molar-refractivity contribution in [3.8, 4) is 0 Å². The SMILES string of the molecule is CC1(C)S[C@H]2N(C(=O)C2(C)NC(=O)C(N)c2ccccc2[N+](=O)[O-])[C@H]1C(=O)O. The fraction of sp³-hybridized carbons (Fsp3) is 0.471. The van der Waals surface area contributed by atoms with Crippen LogP contribution in [-0.2, 0) is 14.4 Å². The molecular weight excluding hydrogens is 388 g/mol. The number of nitrogens with two attached hydrogens (primary N) is 1. The van der Waals surface area contributed by atoms with E-state index in [1.54, 1.807) is 13.8 Å².